The largest absolute Gasteiger partial charge is 0.335 e. The number of nitrogens with zero attached hydrogens (tertiary/aromatic N) is 2. The Morgan fingerprint density at radius 3 is 2.42 bits per heavy atom. The maximum atomic E-state index is 13.2. The van der Waals surface area contributed by atoms with Crippen LogP contribution in [0.4, 0.5) is 0 Å². The van der Waals surface area contributed by atoms with Crippen LogP contribution in [0.5, 0.6) is 0 Å². The van der Waals surface area contributed by atoms with Crippen molar-refractivity contribution in [3.05, 3.63) is 0 Å². The number of nitrogens with one attached hydrogen (secondary N) is 1. The minimum atomic E-state index is -2.98. The molecule has 1 N–H and O–H groups in total. The lowest BCUT2D eigenvalue weighted by atomic mass is 9.92. The first-order valence-corrected chi connectivity index (χ1v) is 11.7. The maximum absolute atomic E-state index is 13.2. The molecule has 26 heavy (non-hydrogen) atoms. The third-order valence-electron chi connectivity index (χ3n) is 6.13. The monoisotopic (exact) mass is 407 g/mol. The highest BCUT2D eigenvalue weighted by molar-refractivity contribution is 7.91. The fourth-order valence-corrected chi connectivity index (χ4v) is 6.48. The summed E-state index contributed by atoms with van der Waals surface area (Å²) in [5, 5.41) is 3.32. The summed E-state index contributed by atoms with van der Waals surface area (Å²) in [5.41, 5.74) is 0. The van der Waals surface area contributed by atoms with Crippen LogP contribution in [0.2, 0.25) is 0 Å². The number of hydrogen-bond donors (Lipinski definition) is 1. The van der Waals surface area contributed by atoms with Crippen LogP contribution >= 0.6 is 12.4 Å². The number of carbonyl (C=O) groups is 1. The van der Waals surface area contributed by atoms with Gasteiger partial charge in [0.2, 0.25) is 5.91 Å². The summed E-state index contributed by atoms with van der Waals surface area (Å²) in [4.78, 5) is 17.4. The van der Waals surface area contributed by atoms with E-state index >= 15 is 0 Å². The normalized spacial score (nSPS) is 29.9. The predicted molar refractivity (Wildman–Crippen MR) is 107 cm³/mol. The first-order valence-electron chi connectivity index (χ1n) is 9.90. The molecular formula is C18H34ClN3O3S. The molecule has 152 valence electrons. The molecule has 2 saturated heterocycles. The fraction of sp³-hybridized carbons (Fsp3) is 0.944. The Hall–Kier alpha value is -0.370. The van der Waals surface area contributed by atoms with E-state index in [9.17, 15) is 13.2 Å². The molecule has 2 atom stereocenters. The smallest absolute Gasteiger partial charge is 0.237 e. The van der Waals surface area contributed by atoms with Crippen molar-refractivity contribution in [1.82, 2.24) is 15.1 Å². The molecule has 1 saturated carbocycles. The van der Waals surface area contributed by atoms with Gasteiger partial charge in [0.1, 0.15) is 0 Å². The number of piperidine rings is 1. The van der Waals surface area contributed by atoms with Gasteiger partial charge in [-0.25, -0.2) is 8.42 Å². The Morgan fingerprint density at radius 2 is 1.81 bits per heavy atom. The van der Waals surface area contributed by atoms with Crippen molar-refractivity contribution < 1.29 is 13.2 Å². The Labute approximate surface area is 164 Å². The molecular weight excluding hydrogens is 374 g/mol. The Kier molecular flexibility index (Phi) is 8.19. The topological polar surface area (TPSA) is 69.7 Å². The highest BCUT2D eigenvalue weighted by Gasteiger charge is 2.39. The second-order valence-corrected chi connectivity index (χ2v) is 10.2. The average molecular weight is 408 g/mol. The van der Waals surface area contributed by atoms with Crippen LogP contribution in [0.15, 0.2) is 0 Å². The van der Waals surface area contributed by atoms with Gasteiger partial charge in [-0.05, 0) is 45.7 Å². The van der Waals surface area contributed by atoms with Crippen molar-refractivity contribution in [1.29, 1.82) is 0 Å². The molecule has 0 aromatic carbocycles. The molecule has 3 aliphatic rings. The van der Waals surface area contributed by atoms with E-state index in [0.717, 1.165) is 51.6 Å². The lowest BCUT2D eigenvalue weighted by Crippen LogP contribution is -2.54. The van der Waals surface area contributed by atoms with Gasteiger partial charge in [-0.2, -0.15) is 0 Å². The summed E-state index contributed by atoms with van der Waals surface area (Å²) in [6, 6.07) is 0.589. The molecule has 0 spiro atoms. The van der Waals surface area contributed by atoms with Gasteiger partial charge in [0.05, 0.1) is 18.1 Å². The number of amides is 1. The van der Waals surface area contributed by atoms with Gasteiger partial charge < -0.3 is 10.2 Å². The molecule has 0 aromatic heterocycles. The SMILES string of the molecule is CNC1CCCN(CC(=O)N(C2CCCCC2)C2CCS(=O)(=O)C2)C1.Cl. The quantitative estimate of drug-likeness (QED) is 0.746. The van der Waals surface area contributed by atoms with Crippen LogP contribution in [0, 0.1) is 0 Å². The molecule has 2 unspecified atom stereocenters. The molecule has 3 fully saturated rings. The minimum absolute atomic E-state index is 0. The van der Waals surface area contributed by atoms with E-state index in [1.165, 1.54) is 6.42 Å². The summed E-state index contributed by atoms with van der Waals surface area (Å²) in [6.07, 6.45) is 8.48. The Balaban J connectivity index is 0.00000243. The maximum Gasteiger partial charge on any atom is 0.237 e. The molecule has 1 amide bonds. The van der Waals surface area contributed by atoms with Gasteiger partial charge in [-0.15, -0.1) is 12.4 Å². The number of likely N-dealkylation sites (tertiary alicyclic amines) is 1. The summed E-state index contributed by atoms with van der Waals surface area (Å²) < 4.78 is 23.9. The lowest BCUT2D eigenvalue weighted by molar-refractivity contribution is -0.138. The molecule has 0 bridgehead atoms. The molecule has 2 heterocycles. The van der Waals surface area contributed by atoms with E-state index in [4.69, 9.17) is 0 Å². The van der Waals surface area contributed by atoms with Crippen LogP contribution in [-0.4, -0.2) is 80.4 Å². The van der Waals surface area contributed by atoms with Gasteiger partial charge in [-0.3, -0.25) is 9.69 Å². The fourth-order valence-electron chi connectivity index (χ4n) is 4.77. The molecule has 0 aromatic rings. The first-order chi connectivity index (χ1) is 12.0. The molecule has 8 heteroatoms. The summed E-state index contributed by atoms with van der Waals surface area (Å²) >= 11 is 0. The zero-order chi connectivity index (χ0) is 17.9. The van der Waals surface area contributed by atoms with E-state index in [-0.39, 0.29) is 41.9 Å². The third kappa shape index (κ3) is 5.57. The van der Waals surface area contributed by atoms with E-state index in [1.807, 2.05) is 11.9 Å². The summed E-state index contributed by atoms with van der Waals surface area (Å²) in [7, 11) is -0.996. The van der Waals surface area contributed by atoms with Crippen molar-refractivity contribution in [2.45, 2.75) is 69.5 Å². The number of carbonyl (C=O) groups excluding carboxylic acids is 1. The minimum Gasteiger partial charge on any atom is -0.335 e. The van der Waals surface area contributed by atoms with Crippen molar-refractivity contribution in [3.8, 4) is 0 Å². The third-order valence-corrected chi connectivity index (χ3v) is 7.88. The molecule has 3 rings (SSSR count). The highest BCUT2D eigenvalue weighted by atomic mass is 35.5. The Bertz CT molecular complexity index is 566. The van der Waals surface area contributed by atoms with Crippen LogP contribution in [0.1, 0.15) is 51.4 Å². The number of rotatable bonds is 5. The molecule has 2 aliphatic heterocycles. The van der Waals surface area contributed by atoms with Crippen molar-refractivity contribution in [2.24, 2.45) is 0 Å². The zero-order valence-electron chi connectivity index (χ0n) is 15.9. The van der Waals surface area contributed by atoms with Gasteiger partial charge >= 0.3 is 0 Å². The molecule has 6 nitrogen and oxygen atoms in total. The van der Waals surface area contributed by atoms with Crippen molar-refractivity contribution >= 4 is 28.2 Å². The summed E-state index contributed by atoms with van der Waals surface area (Å²) in [5.74, 6) is 0.541. The van der Waals surface area contributed by atoms with Gasteiger partial charge in [0.15, 0.2) is 9.84 Å². The van der Waals surface area contributed by atoms with E-state index < -0.39 is 9.84 Å². The van der Waals surface area contributed by atoms with Gasteiger partial charge in [0.25, 0.3) is 0 Å². The Morgan fingerprint density at radius 1 is 1.08 bits per heavy atom. The number of likely N-dealkylation sites (N-methyl/N-ethyl adjacent to an activating group) is 1. The van der Waals surface area contributed by atoms with E-state index in [1.54, 1.807) is 0 Å². The average Bonchev–Trinajstić information content (AvgIpc) is 2.95. The first kappa shape index (κ1) is 21.9. The zero-order valence-corrected chi connectivity index (χ0v) is 17.5. The standard InChI is InChI=1S/C18H33N3O3S.ClH/c1-19-15-6-5-10-20(12-15)13-18(22)21(16-7-3-2-4-8-16)17-9-11-25(23,24)14-17;/h15-17,19H,2-14H2,1H3;1H. The van der Waals surface area contributed by atoms with E-state index in [0.29, 0.717) is 19.0 Å². The van der Waals surface area contributed by atoms with Crippen molar-refractivity contribution in [2.75, 3.05) is 38.2 Å². The predicted octanol–water partition coefficient (Wildman–Crippen LogP) is 1.44. The molecule has 1 aliphatic carbocycles. The lowest BCUT2D eigenvalue weighted by Gasteiger charge is -2.40. The number of halogens is 1. The molecule has 0 radical (unpaired) electrons. The highest BCUT2D eigenvalue weighted by Crippen LogP contribution is 2.28. The van der Waals surface area contributed by atoms with Crippen molar-refractivity contribution in [3.63, 3.8) is 0 Å². The second kappa shape index (κ2) is 9.71. The number of sulfone groups is 1. The second-order valence-electron chi connectivity index (χ2n) is 8.01. The van der Waals surface area contributed by atoms with Gasteiger partial charge in [-0.1, -0.05) is 19.3 Å². The number of hydrogen-bond acceptors (Lipinski definition) is 5. The van der Waals surface area contributed by atoms with Crippen LogP contribution in [0.25, 0.3) is 0 Å². The van der Waals surface area contributed by atoms with E-state index in [2.05, 4.69) is 10.2 Å². The van der Waals surface area contributed by atoms with Gasteiger partial charge in [0, 0.05) is 24.7 Å². The van der Waals surface area contributed by atoms with Crippen LogP contribution in [-0.2, 0) is 14.6 Å². The summed E-state index contributed by atoms with van der Waals surface area (Å²) in [6.45, 7) is 2.31. The van der Waals surface area contributed by atoms with Crippen LogP contribution < -0.4 is 5.32 Å². The van der Waals surface area contributed by atoms with Crippen LogP contribution in [0.3, 0.4) is 0 Å².